The lowest BCUT2D eigenvalue weighted by Gasteiger charge is -2.13. The van der Waals surface area contributed by atoms with Gasteiger partial charge in [-0.1, -0.05) is 12.1 Å². The molecular formula is C22H21N5O4S. The second-order valence-corrected chi connectivity index (χ2v) is 7.66. The number of para-hydroxylation sites is 2. The number of aromatic nitrogens is 2. The maximum Gasteiger partial charge on any atom is 0.343 e. The minimum atomic E-state index is -0.568. The molecule has 9 nitrogen and oxygen atoms in total. The number of nitrogens with zero attached hydrogens (tertiary/aromatic N) is 3. The molecule has 1 aliphatic rings. The molecule has 164 valence electrons. The van der Waals surface area contributed by atoms with E-state index < -0.39 is 5.97 Å². The third kappa shape index (κ3) is 4.75. The number of hydrogen-bond acceptors (Lipinski definition) is 9. The topological polar surface area (TPSA) is 119 Å². The molecule has 3 heterocycles. The monoisotopic (exact) mass is 451 g/mol. The number of benzene rings is 1. The van der Waals surface area contributed by atoms with Crippen molar-refractivity contribution in [2.45, 2.75) is 26.7 Å². The lowest BCUT2D eigenvalue weighted by atomic mass is 10.1. The van der Waals surface area contributed by atoms with Crippen LogP contribution in [0.15, 0.2) is 61.8 Å². The Hall–Kier alpha value is -3.79. The van der Waals surface area contributed by atoms with Gasteiger partial charge in [-0.2, -0.15) is 11.3 Å². The van der Waals surface area contributed by atoms with E-state index in [1.807, 2.05) is 35.0 Å². The first-order chi connectivity index (χ1) is 15.5. The number of ether oxygens (including phenoxy) is 1. The van der Waals surface area contributed by atoms with Gasteiger partial charge in [0.15, 0.2) is 0 Å². The Morgan fingerprint density at radius 2 is 2.06 bits per heavy atom. The first-order valence-corrected chi connectivity index (χ1v) is 11.0. The lowest BCUT2D eigenvalue weighted by molar-refractivity contribution is -0.137. The highest BCUT2D eigenvalue weighted by molar-refractivity contribution is 7.08. The van der Waals surface area contributed by atoms with Gasteiger partial charge >= 0.3 is 5.97 Å². The van der Waals surface area contributed by atoms with E-state index in [2.05, 4.69) is 25.8 Å². The molecule has 10 heteroatoms. The van der Waals surface area contributed by atoms with Crippen LogP contribution in [0.2, 0.25) is 0 Å². The normalized spacial score (nSPS) is 13.0. The summed E-state index contributed by atoms with van der Waals surface area (Å²) >= 11 is 1.53. The number of carbonyl (C=O) groups is 2. The van der Waals surface area contributed by atoms with Crippen LogP contribution in [0, 0.1) is 0 Å². The average Bonchev–Trinajstić information content (AvgIpc) is 3.43. The van der Waals surface area contributed by atoms with Crippen molar-refractivity contribution in [3.63, 3.8) is 0 Å². The number of esters is 1. The van der Waals surface area contributed by atoms with Crippen molar-refractivity contribution in [1.82, 2.24) is 15.5 Å². The number of anilines is 1. The van der Waals surface area contributed by atoms with E-state index in [9.17, 15) is 9.59 Å². The van der Waals surface area contributed by atoms with Crippen LogP contribution in [0.5, 0.6) is 0 Å². The number of thiophene rings is 1. The van der Waals surface area contributed by atoms with E-state index >= 15 is 0 Å². The Balaban J connectivity index is 1.51. The van der Waals surface area contributed by atoms with E-state index in [4.69, 9.17) is 9.15 Å². The largest absolute Gasteiger partial charge is 0.462 e. The molecule has 2 N–H and O–H groups in total. The molecule has 0 radical (unpaired) electrons. The Morgan fingerprint density at radius 3 is 2.84 bits per heavy atom. The van der Waals surface area contributed by atoms with Gasteiger partial charge in [0.05, 0.1) is 18.0 Å². The molecule has 32 heavy (non-hydrogen) atoms. The molecule has 2 aromatic heterocycles. The number of aliphatic imine (C=N–C) groups is 1. The van der Waals surface area contributed by atoms with Crippen LogP contribution in [0.25, 0.3) is 11.5 Å². The Kier molecular flexibility index (Phi) is 6.41. The zero-order valence-corrected chi connectivity index (χ0v) is 18.4. The third-order valence-electron chi connectivity index (χ3n) is 4.61. The fraction of sp³-hybridized carbons (Fsp3) is 0.227. The molecule has 0 atom stereocenters. The van der Waals surface area contributed by atoms with Gasteiger partial charge in [-0.15, -0.1) is 10.2 Å². The SMILES string of the molecule is CCOC(=O)C1=C(C)Nc2ccccc2N=C1NC(=O)CCc1nnc(-c2ccsc2)o1. The standard InChI is InChI=1S/C22H21N5O4S/c1-3-30-22(29)19-13(2)23-15-6-4-5-7-16(15)24-20(19)25-17(28)8-9-18-26-27-21(31-18)14-10-11-32-12-14/h4-7,10-12,23H,3,8-9H2,1-2H3,(H,24,25,28). The predicted octanol–water partition coefficient (Wildman–Crippen LogP) is 3.84. The maximum absolute atomic E-state index is 12.7. The smallest absolute Gasteiger partial charge is 0.343 e. The summed E-state index contributed by atoms with van der Waals surface area (Å²) in [7, 11) is 0. The van der Waals surface area contributed by atoms with Crippen LogP contribution >= 0.6 is 11.3 Å². The highest BCUT2D eigenvalue weighted by Gasteiger charge is 2.26. The van der Waals surface area contributed by atoms with Gasteiger partial charge in [-0.25, -0.2) is 9.79 Å². The average molecular weight is 452 g/mol. The first-order valence-electron chi connectivity index (χ1n) is 10.0. The number of amidine groups is 1. The minimum Gasteiger partial charge on any atom is -0.462 e. The summed E-state index contributed by atoms with van der Waals surface area (Å²) in [6, 6.07) is 9.21. The first kappa shape index (κ1) is 21.4. The number of carbonyl (C=O) groups excluding carboxylic acids is 2. The van der Waals surface area contributed by atoms with Gasteiger partial charge in [0, 0.05) is 29.5 Å². The number of fused-ring (bicyclic) bond motifs is 1. The fourth-order valence-corrected chi connectivity index (χ4v) is 3.74. The maximum atomic E-state index is 12.7. The highest BCUT2D eigenvalue weighted by Crippen LogP contribution is 2.30. The molecule has 1 amide bonds. The summed E-state index contributed by atoms with van der Waals surface area (Å²) in [5.74, 6) is -0.00305. The van der Waals surface area contributed by atoms with Gasteiger partial charge < -0.3 is 19.8 Å². The molecular weight excluding hydrogens is 430 g/mol. The molecule has 0 unspecified atom stereocenters. The van der Waals surface area contributed by atoms with Crippen molar-refractivity contribution in [3.8, 4) is 11.5 Å². The number of amides is 1. The number of rotatable bonds is 6. The van der Waals surface area contributed by atoms with Crippen molar-refractivity contribution in [3.05, 3.63) is 58.3 Å². The third-order valence-corrected chi connectivity index (χ3v) is 5.29. The van der Waals surface area contributed by atoms with Crippen molar-refractivity contribution in [2.24, 2.45) is 4.99 Å². The molecule has 0 bridgehead atoms. The molecule has 4 rings (SSSR count). The zero-order valence-electron chi connectivity index (χ0n) is 17.5. The molecule has 0 saturated carbocycles. The second-order valence-electron chi connectivity index (χ2n) is 6.88. The molecule has 3 aromatic rings. The van der Waals surface area contributed by atoms with Crippen LogP contribution in [-0.2, 0) is 20.7 Å². The van der Waals surface area contributed by atoms with Gasteiger partial charge in [0.1, 0.15) is 11.4 Å². The van der Waals surface area contributed by atoms with Crippen LogP contribution in [-0.4, -0.2) is 34.5 Å². The highest BCUT2D eigenvalue weighted by atomic mass is 32.1. The number of aryl methyl sites for hydroxylation is 1. The van der Waals surface area contributed by atoms with E-state index in [0.717, 1.165) is 11.3 Å². The van der Waals surface area contributed by atoms with Gasteiger partial charge in [-0.3, -0.25) is 4.79 Å². The quantitative estimate of drug-likeness (QED) is 0.547. The summed E-state index contributed by atoms with van der Waals surface area (Å²) in [6.45, 7) is 3.66. The van der Waals surface area contributed by atoms with E-state index in [1.54, 1.807) is 19.9 Å². The van der Waals surface area contributed by atoms with Crippen LogP contribution < -0.4 is 10.6 Å². The Bertz CT molecular complexity index is 1200. The van der Waals surface area contributed by atoms with E-state index in [0.29, 0.717) is 23.2 Å². The van der Waals surface area contributed by atoms with Gasteiger partial charge in [-0.05, 0) is 37.4 Å². The van der Waals surface area contributed by atoms with Gasteiger partial charge in [0.2, 0.25) is 17.7 Å². The Morgan fingerprint density at radius 1 is 1.22 bits per heavy atom. The van der Waals surface area contributed by atoms with E-state index in [-0.39, 0.29) is 36.8 Å². The van der Waals surface area contributed by atoms with Gasteiger partial charge in [0.25, 0.3) is 0 Å². The predicted molar refractivity (Wildman–Crippen MR) is 121 cm³/mol. The van der Waals surface area contributed by atoms with Crippen molar-refractivity contribution >= 4 is 40.4 Å². The number of allylic oxidation sites excluding steroid dienone is 1. The van der Waals surface area contributed by atoms with Crippen LogP contribution in [0.1, 0.15) is 26.2 Å². The Labute approximate surface area is 188 Å². The summed E-state index contributed by atoms with van der Waals surface area (Å²) in [6.07, 6.45) is 0.330. The molecule has 0 spiro atoms. The molecule has 1 aromatic carbocycles. The number of hydrogen-bond donors (Lipinski definition) is 2. The minimum absolute atomic E-state index is 0.0779. The van der Waals surface area contributed by atoms with E-state index in [1.165, 1.54) is 11.3 Å². The molecule has 0 saturated heterocycles. The summed E-state index contributed by atoms with van der Waals surface area (Å²) < 4.78 is 10.8. The van der Waals surface area contributed by atoms with Crippen molar-refractivity contribution in [2.75, 3.05) is 11.9 Å². The molecule has 0 fully saturated rings. The van der Waals surface area contributed by atoms with Crippen molar-refractivity contribution < 1.29 is 18.7 Å². The molecule has 0 aliphatic carbocycles. The van der Waals surface area contributed by atoms with Crippen LogP contribution in [0.4, 0.5) is 11.4 Å². The van der Waals surface area contributed by atoms with Crippen molar-refractivity contribution in [1.29, 1.82) is 0 Å². The lowest BCUT2D eigenvalue weighted by Crippen LogP contribution is -2.35. The van der Waals surface area contributed by atoms with Crippen LogP contribution in [0.3, 0.4) is 0 Å². The second kappa shape index (κ2) is 9.56. The fourth-order valence-electron chi connectivity index (χ4n) is 3.11. The summed E-state index contributed by atoms with van der Waals surface area (Å²) in [5.41, 5.74) is 2.87. The zero-order chi connectivity index (χ0) is 22.5. The summed E-state index contributed by atoms with van der Waals surface area (Å²) in [5, 5.41) is 17.8. The number of nitrogens with one attached hydrogen (secondary N) is 2. The molecule has 1 aliphatic heterocycles. The summed E-state index contributed by atoms with van der Waals surface area (Å²) in [4.78, 5) is 29.8.